The fourth-order valence-electron chi connectivity index (χ4n) is 2.36. The van der Waals surface area contributed by atoms with Gasteiger partial charge in [-0.1, -0.05) is 19.1 Å². The number of hydrogen-bond acceptors (Lipinski definition) is 4. The van der Waals surface area contributed by atoms with Gasteiger partial charge in [0.25, 0.3) is 5.69 Å². The van der Waals surface area contributed by atoms with Crippen LogP contribution in [-0.4, -0.2) is 24.6 Å². The molecule has 98 valence electrons. The number of nitro benzene ring substituents is 1. The molecule has 0 amide bonds. The van der Waals surface area contributed by atoms with Gasteiger partial charge in [-0.25, -0.2) is 0 Å². The summed E-state index contributed by atoms with van der Waals surface area (Å²) in [7, 11) is 0. The molecular weight excluding hydrogens is 230 g/mol. The van der Waals surface area contributed by atoms with Crippen LogP contribution < -0.4 is 10.6 Å². The third-order valence-electron chi connectivity index (χ3n) is 3.49. The van der Waals surface area contributed by atoms with Gasteiger partial charge in [0.1, 0.15) is 5.69 Å². The fraction of sp³-hybridized carbons (Fsp3) is 0.538. The zero-order chi connectivity index (χ0) is 13.0. The Bertz CT molecular complexity index is 428. The summed E-state index contributed by atoms with van der Waals surface area (Å²) >= 11 is 0. The standard InChI is InChI=1S/C13H19N3O2/c1-13(7-4-8-14-9-13)10-15-11-5-2-3-6-12(11)16(17)18/h2-3,5-6,14-15H,4,7-10H2,1H3. The van der Waals surface area contributed by atoms with Crippen molar-refractivity contribution in [1.29, 1.82) is 0 Å². The summed E-state index contributed by atoms with van der Waals surface area (Å²) in [6.45, 7) is 4.99. The van der Waals surface area contributed by atoms with E-state index in [2.05, 4.69) is 17.6 Å². The molecule has 0 saturated carbocycles. The summed E-state index contributed by atoms with van der Waals surface area (Å²) < 4.78 is 0. The predicted octanol–water partition coefficient (Wildman–Crippen LogP) is 2.40. The molecule has 0 bridgehead atoms. The van der Waals surface area contributed by atoms with Crippen LogP contribution in [0.15, 0.2) is 24.3 Å². The van der Waals surface area contributed by atoms with Crippen molar-refractivity contribution in [3.63, 3.8) is 0 Å². The zero-order valence-electron chi connectivity index (χ0n) is 10.6. The van der Waals surface area contributed by atoms with E-state index in [1.54, 1.807) is 12.1 Å². The topological polar surface area (TPSA) is 67.2 Å². The Balaban J connectivity index is 2.03. The minimum Gasteiger partial charge on any atom is -0.379 e. The highest BCUT2D eigenvalue weighted by molar-refractivity contribution is 5.61. The largest absolute Gasteiger partial charge is 0.379 e. The molecule has 1 atom stereocenters. The molecule has 1 aromatic rings. The predicted molar refractivity (Wildman–Crippen MR) is 71.8 cm³/mol. The Morgan fingerprint density at radius 3 is 2.94 bits per heavy atom. The van der Waals surface area contributed by atoms with Crippen LogP contribution in [0.5, 0.6) is 0 Å². The fourth-order valence-corrected chi connectivity index (χ4v) is 2.36. The van der Waals surface area contributed by atoms with E-state index in [1.807, 2.05) is 6.07 Å². The van der Waals surface area contributed by atoms with Gasteiger partial charge in [0.15, 0.2) is 0 Å². The lowest BCUT2D eigenvalue weighted by atomic mass is 9.83. The molecule has 5 nitrogen and oxygen atoms in total. The zero-order valence-corrected chi connectivity index (χ0v) is 10.6. The van der Waals surface area contributed by atoms with Crippen LogP contribution in [0.2, 0.25) is 0 Å². The smallest absolute Gasteiger partial charge is 0.292 e. The van der Waals surface area contributed by atoms with E-state index in [0.29, 0.717) is 5.69 Å². The number of anilines is 1. The number of nitrogens with zero attached hydrogens (tertiary/aromatic N) is 1. The van der Waals surface area contributed by atoms with E-state index >= 15 is 0 Å². The van der Waals surface area contributed by atoms with E-state index in [9.17, 15) is 10.1 Å². The van der Waals surface area contributed by atoms with E-state index in [0.717, 1.165) is 32.5 Å². The minimum absolute atomic E-state index is 0.143. The van der Waals surface area contributed by atoms with Gasteiger partial charge >= 0.3 is 0 Å². The normalized spacial score (nSPS) is 23.6. The molecule has 1 aliphatic heterocycles. The van der Waals surface area contributed by atoms with Crippen LogP contribution in [0.25, 0.3) is 0 Å². The van der Waals surface area contributed by atoms with Crippen LogP contribution in [0.1, 0.15) is 19.8 Å². The van der Waals surface area contributed by atoms with Gasteiger partial charge in [-0.15, -0.1) is 0 Å². The summed E-state index contributed by atoms with van der Waals surface area (Å²) in [5.41, 5.74) is 0.918. The van der Waals surface area contributed by atoms with Gasteiger partial charge in [0.05, 0.1) is 4.92 Å². The lowest BCUT2D eigenvalue weighted by Crippen LogP contribution is -2.42. The monoisotopic (exact) mass is 249 g/mol. The molecule has 5 heteroatoms. The molecule has 2 rings (SSSR count). The lowest BCUT2D eigenvalue weighted by Gasteiger charge is -2.34. The number of piperidine rings is 1. The first kappa shape index (κ1) is 12.8. The van der Waals surface area contributed by atoms with Gasteiger partial charge in [-0.3, -0.25) is 10.1 Å². The number of nitrogens with one attached hydrogen (secondary N) is 2. The summed E-state index contributed by atoms with van der Waals surface area (Å²) in [6.07, 6.45) is 2.31. The van der Waals surface area contributed by atoms with Gasteiger partial charge in [-0.05, 0) is 30.9 Å². The van der Waals surface area contributed by atoms with Crippen molar-refractivity contribution in [2.24, 2.45) is 5.41 Å². The van der Waals surface area contributed by atoms with Crippen molar-refractivity contribution in [3.05, 3.63) is 34.4 Å². The maximum atomic E-state index is 10.9. The molecule has 1 unspecified atom stereocenters. The quantitative estimate of drug-likeness (QED) is 0.635. The average molecular weight is 249 g/mol. The van der Waals surface area contributed by atoms with E-state index in [1.165, 1.54) is 6.07 Å². The van der Waals surface area contributed by atoms with Crippen LogP contribution >= 0.6 is 0 Å². The summed E-state index contributed by atoms with van der Waals surface area (Å²) in [6, 6.07) is 6.80. The maximum absolute atomic E-state index is 10.9. The van der Waals surface area contributed by atoms with Gasteiger partial charge in [0, 0.05) is 19.2 Å². The highest BCUT2D eigenvalue weighted by Gasteiger charge is 2.27. The minimum atomic E-state index is -0.343. The second kappa shape index (κ2) is 5.35. The molecule has 0 radical (unpaired) electrons. The second-order valence-electron chi connectivity index (χ2n) is 5.22. The van der Waals surface area contributed by atoms with E-state index in [-0.39, 0.29) is 16.0 Å². The Kier molecular flexibility index (Phi) is 3.81. The molecule has 0 aromatic heterocycles. The first-order chi connectivity index (χ1) is 8.61. The number of para-hydroxylation sites is 2. The number of rotatable bonds is 4. The number of nitro groups is 1. The van der Waals surface area contributed by atoms with Crippen molar-refractivity contribution < 1.29 is 4.92 Å². The third kappa shape index (κ3) is 2.98. The molecule has 1 heterocycles. The molecule has 2 N–H and O–H groups in total. The Morgan fingerprint density at radius 1 is 1.50 bits per heavy atom. The molecule has 1 aromatic carbocycles. The Morgan fingerprint density at radius 2 is 2.28 bits per heavy atom. The van der Waals surface area contributed by atoms with Gasteiger partial charge in [0.2, 0.25) is 0 Å². The van der Waals surface area contributed by atoms with Crippen molar-refractivity contribution in [2.75, 3.05) is 25.0 Å². The maximum Gasteiger partial charge on any atom is 0.292 e. The average Bonchev–Trinajstić information content (AvgIpc) is 2.38. The highest BCUT2D eigenvalue weighted by Crippen LogP contribution is 2.28. The Hall–Kier alpha value is -1.62. The molecule has 1 saturated heterocycles. The van der Waals surface area contributed by atoms with Crippen molar-refractivity contribution in [1.82, 2.24) is 5.32 Å². The van der Waals surface area contributed by atoms with Crippen molar-refractivity contribution in [3.8, 4) is 0 Å². The lowest BCUT2D eigenvalue weighted by molar-refractivity contribution is -0.384. The molecule has 18 heavy (non-hydrogen) atoms. The van der Waals surface area contributed by atoms with Crippen LogP contribution in [0, 0.1) is 15.5 Å². The van der Waals surface area contributed by atoms with Gasteiger partial charge in [-0.2, -0.15) is 0 Å². The number of hydrogen-bond donors (Lipinski definition) is 2. The van der Waals surface area contributed by atoms with Gasteiger partial charge < -0.3 is 10.6 Å². The van der Waals surface area contributed by atoms with Crippen LogP contribution in [-0.2, 0) is 0 Å². The molecule has 0 spiro atoms. The first-order valence-corrected chi connectivity index (χ1v) is 6.29. The van der Waals surface area contributed by atoms with Crippen LogP contribution in [0.3, 0.4) is 0 Å². The van der Waals surface area contributed by atoms with E-state index < -0.39 is 0 Å². The second-order valence-corrected chi connectivity index (χ2v) is 5.22. The SMILES string of the molecule is CC1(CNc2ccccc2[N+](=O)[O-])CCCNC1. The first-order valence-electron chi connectivity index (χ1n) is 6.29. The Labute approximate surface area is 107 Å². The third-order valence-corrected chi connectivity index (χ3v) is 3.49. The van der Waals surface area contributed by atoms with Crippen molar-refractivity contribution in [2.45, 2.75) is 19.8 Å². The molecular formula is C13H19N3O2. The van der Waals surface area contributed by atoms with Crippen LogP contribution in [0.4, 0.5) is 11.4 Å². The molecule has 1 fully saturated rings. The van der Waals surface area contributed by atoms with Crippen molar-refractivity contribution >= 4 is 11.4 Å². The number of benzene rings is 1. The molecule has 0 aliphatic carbocycles. The summed E-state index contributed by atoms with van der Waals surface area (Å²) in [4.78, 5) is 10.6. The highest BCUT2D eigenvalue weighted by atomic mass is 16.6. The summed E-state index contributed by atoms with van der Waals surface area (Å²) in [5.74, 6) is 0. The van der Waals surface area contributed by atoms with E-state index in [4.69, 9.17) is 0 Å². The molecule has 1 aliphatic rings. The summed E-state index contributed by atoms with van der Waals surface area (Å²) in [5, 5.41) is 17.5.